The summed E-state index contributed by atoms with van der Waals surface area (Å²) in [6.07, 6.45) is 1.03. The van der Waals surface area contributed by atoms with Gasteiger partial charge in [0.25, 0.3) is 10.2 Å². The summed E-state index contributed by atoms with van der Waals surface area (Å²) >= 11 is 0. The molecule has 1 aromatic heterocycles. The van der Waals surface area contributed by atoms with Gasteiger partial charge in [-0.1, -0.05) is 12.1 Å². The van der Waals surface area contributed by atoms with Gasteiger partial charge in [-0.2, -0.15) is 17.0 Å². The molecule has 1 N–H and O–H groups in total. The molecule has 0 amide bonds. The van der Waals surface area contributed by atoms with Gasteiger partial charge in [0.15, 0.2) is 0 Å². The molecule has 2 aromatic rings. The first-order valence-corrected chi connectivity index (χ1v) is 10.9. The topological polar surface area (TPSA) is 87.6 Å². The van der Waals surface area contributed by atoms with Crippen LogP contribution >= 0.6 is 0 Å². The van der Waals surface area contributed by atoms with Gasteiger partial charge >= 0.3 is 5.69 Å². The zero-order valence-corrected chi connectivity index (χ0v) is 16.5. The molecule has 8 nitrogen and oxygen atoms in total. The number of hydrogen-bond donors (Lipinski definition) is 1. The number of imidazole rings is 1. The molecule has 0 saturated carbocycles. The van der Waals surface area contributed by atoms with Crippen molar-refractivity contribution in [2.45, 2.75) is 44.9 Å². The van der Waals surface area contributed by atoms with Crippen LogP contribution in [0.3, 0.4) is 0 Å². The summed E-state index contributed by atoms with van der Waals surface area (Å²) in [6, 6.07) is 7.61. The van der Waals surface area contributed by atoms with Crippen LogP contribution in [0, 0.1) is 0 Å². The average molecular weight is 394 g/mol. The van der Waals surface area contributed by atoms with Crippen molar-refractivity contribution < 1.29 is 13.2 Å². The summed E-state index contributed by atoms with van der Waals surface area (Å²) in [5.74, 6) is 0. The number of piperidine rings is 1. The summed E-state index contributed by atoms with van der Waals surface area (Å²) in [4.78, 5) is 15.3. The van der Waals surface area contributed by atoms with E-state index in [1.807, 2.05) is 38.1 Å². The molecule has 2 aliphatic heterocycles. The summed E-state index contributed by atoms with van der Waals surface area (Å²) in [7, 11) is -3.50. The minimum absolute atomic E-state index is 0.00244. The van der Waals surface area contributed by atoms with E-state index in [0.717, 1.165) is 11.0 Å². The van der Waals surface area contributed by atoms with E-state index in [4.69, 9.17) is 4.74 Å². The number of aromatic nitrogens is 2. The molecule has 2 unspecified atom stereocenters. The normalized spacial score (nSPS) is 26.6. The summed E-state index contributed by atoms with van der Waals surface area (Å²) in [6.45, 7) is 5.39. The van der Waals surface area contributed by atoms with E-state index in [1.165, 1.54) is 4.31 Å². The molecule has 4 rings (SSSR count). The van der Waals surface area contributed by atoms with E-state index in [2.05, 4.69) is 4.98 Å². The molecular formula is C18H26N4O4S. The quantitative estimate of drug-likeness (QED) is 0.851. The first-order chi connectivity index (χ1) is 12.9. The number of benzene rings is 1. The van der Waals surface area contributed by atoms with Crippen molar-refractivity contribution in [3.8, 4) is 0 Å². The van der Waals surface area contributed by atoms with E-state index >= 15 is 0 Å². The Bertz CT molecular complexity index is 965. The minimum Gasteiger partial charge on any atom is -0.373 e. The highest BCUT2D eigenvalue weighted by Gasteiger charge is 2.37. The number of ether oxygens (including phenoxy) is 1. The molecule has 0 bridgehead atoms. The fourth-order valence-electron chi connectivity index (χ4n) is 4.25. The zero-order chi connectivity index (χ0) is 19.2. The maximum Gasteiger partial charge on any atom is 0.326 e. The van der Waals surface area contributed by atoms with Gasteiger partial charge in [0.1, 0.15) is 0 Å². The fraction of sp³-hybridized carbons (Fsp3) is 0.611. The molecule has 0 radical (unpaired) electrons. The van der Waals surface area contributed by atoms with Crippen molar-refractivity contribution in [3.05, 3.63) is 34.7 Å². The van der Waals surface area contributed by atoms with Crippen LogP contribution in [0.25, 0.3) is 11.0 Å². The molecule has 27 heavy (non-hydrogen) atoms. The Balaban J connectivity index is 1.50. The largest absolute Gasteiger partial charge is 0.373 e. The van der Waals surface area contributed by atoms with Gasteiger partial charge in [-0.05, 0) is 38.8 Å². The van der Waals surface area contributed by atoms with E-state index < -0.39 is 10.2 Å². The van der Waals surface area contributed by atoms with E-state index in [0.29, 0.717) is 39.0 Å². The third kappa shape index (κ3) is 3.44. The second-order valence-electron chi connectivity index (χ2n) is 7.53. The molecule has 148 valence electrons. The van der Waals surface area contributed by atoms with Crippen molar-refractivity contribution in [3.63, 3.8) is 0 Å². The predicted octanol–water partition coefficient (Wildman–Crippen LogP) is 1.32. The third-order valence-corrected chi connectivity index (χ3v) is 7.42. The van der Waals surface area contributed by atoms with Crippen LogP contribution in [0.4, 0.5) is 0 Å². The van der Waals surface area contributed by atoms with E-state index in [1.54, 1.807) is 8.87 Å². The van der Waals surface area contributed by atoms with Crippen LogP contribution in [-0.4, -0.2) is 65.0 Å². The Morgan fingerprint density at radius 3 is 2.33 bits per heavy atom. The maximum atomic E-state index is 13.0. The summed E-state index contributed by atoms with van der Waals surface area (Å²) in [5.41, 5.74) is 1.56. The molecular weight excluding hydrogens is 368 g/mol. The number of fused-ring (bicyclic) bond motifs is 1. The number of hydrogen-bond acceptors (Lipinski definition) is 4. The molecule has 1 aromatic carbocycles. The number of para-hydroxylation sites is 2. The number of rotatable bonds is 3. The van der Waals surface area contributed by atoms with Gasteiger partial charge in [0.2, 0.25) is 0 Å². The zero-order valence-electron chi connectivity index (χ0n) is 15.7. The maximum absolute atomic E-state index is 13.0. The fourth-order valence-corrected chi connectivity index (χ4v) is 6.05. The van der Waals surface area contributed by atoms with Gasteiger partial charge in [-0.25, -0.2) is 4.79 Å². The van der Waals surface area contributed by atoms with Gasteiger partial charge in [-0.3, -0.25) is 4.57 Å². The average Bonchev–Trinajstić information content (AvgIpc) is 2.96. The standard InChI is InChI=1S/C18H26N4O4S/c1-13-11-21(12-14(2)26-13)27(24,25)20-9-7-15(8-10-20)22-17-6-4-3-5-16(17)19-18(22)23/h3-6,13-15H,7-12H2,1-2H3,(H,19,23). The first kappa shape index (κ1) is 18.7. The van der Waals surface area contributed by atoms with Gasteiger partial charge in [0, 0.05) is 32.2 Å². The lowest BCUT2D eigenvalue weighted by molar-refractivity contribution is -0.0456. The van der Waals surface area contributed by atoms with Gasteiger partial charge < -0.3 is 9.72 Å². The number of H-pyrrole nitrogens is 1. The van der Waals surface area contributed by atoms with E-state index in [9.17, 15) is 13.2 Å². The number of aromatic amines is 1. The lowest BCUT2D eigenvalue weighted by Crippen LogP contribution is -2.54. The van der Waals surface area contributed by atoms with Crippen molar-refractivity contribution in [2.75, 3.05) is 26.2 Å². The van der Waals surface area contributed by atoms with Crippen LogP contribution in [-0.2, 0) is 14.9 Å². The minimum atomic E-state index is -3.50. The Kier molecular flexibility index (Phi) is 4.87. The molecule has 2 atom stereocenters. The number of nitrogens with zero attached hydrogens (tertiary/aromatic N) is 3. The number of nitrogens with one attached hydrogen (secondary N) is 1. The van der Waals surface area contributed by atoms with Crippen LogP contribution in [0.1, 0.15) is 32.7 Å². The molecule has 3 heterocycles. The molecule has 0 aliphatic carbocycles. The van der Waals surface area contributed by atoms with Crippen molar-refractivity contribution in [1.29, 1.82) is 0 Å². The smallest absolute Gasteiger partial charge is 0.326 e. The van der Waals surface area contributed by atoms with Crippen LogP contribution in [0.15, 0.2) is 29.1 Å². The summed E-state index contributed by atoms with van der Waals surface area (Å²) < 4.78 is 36.6. The van der Waals surface area contributed by atoms with Crippen LogP contribution < -0.4 is 5.69 Å². The van der Waals surface area contributed by atoms with Crippen molar-refractivity contribution in [1.82, 2.24) is 18.2 Å². The third-order valence-electron chi connectivity index (χ3n) is 5.45. The Labute approximate surface area is 158 Å². The lowest BCUT2D eigenvalue weighted by Gasteiger charge is -2.39. The predicted molar refractivity (Wildman–Crippen MR) is 103 cm³/mol. The van der Waals surface area contributed by atoms with Crippen molar-refractivity contribution >= 4 is 21.2 Å². The highest BCUT2D eigenvalue weighted by atomic mass is 32.2. The number of morpholine rings is 1. The second kappa shape index (κ2) is 7.05. The van der Waals surface area contributed by atoms with Crippen LogP contribution in [0.5, 0.6) is 0 Å². The molecule has 2 aliphatic rings. The monoisotopic (exact) mass is 394 g/mol. The Morgan fingerprint density at radius 2 is 1.67 bits per heavy atom. The Hall–Kier alpha value is -1.68. The molecule has 2 fully saturated rings. The lowest BCUT2D eigenvalue weighted by atomic mass is 10.1. The van der Waals surface area contributed by atoms with Crippen molar-refractivity contribution in [2.24, 2.45) is 0 Å². The van der Waals surface area contributed by atoms with Gasteiger partial charge in [-0.15, -0.1) is 0 Å². The second-order valence-corrected chi connectivity index (χ2v) is 9.46. The highest BCUT2D eigenvalue weighted by Crippen LogP contribution is 2.28. The molecule has 2 saturated heterocycles. The highest BCUT2D eigenvalue weighted by molar-refractivity contribution is 7.86. The van der Waals surface area contributed by atoms with Crippen LogP contribution in [0.2, 0.25) is 0 Å². The summed E-state index contributed by atoms with van der Waals surface area (Å²) in [5, 5.41) is 0. The van der Waals surface area contributed by atoms with E-state index in [-0.39, 0.29) is 23.9 Å². The first-order valence-electron chi connectivity index (χ1n) is 9.46. The SMILES string of the molecule is CC1CN(S(=O)(=O)N2CCC(n3c(=O)[nH]c4ccccc43)CC2)CC(C)O1. The molecule has 0 spiro atoms. The Morgan fingerprint density at radius 1 is 1.04 bits per heavy atom. The molecule has 9 heteroatoms. The van der Waals surface area contributed by atoms with Gasteiger partial charge in [0.05, 0.1) is 23.2 Å².